The number of benzene rings is 1. The number of nitrogens with one attached hydrogen (secondary N) is 1. The van der Waals surface area contributed by atoms with Gasteiger partial charge in [0, 0.05) is 31.3 Å². The molecule has 1 aromatic carbocycles. The fourth-order valence-corrected chi connectivity index (χ4v) is 3.49. The number of hydrogen-bond donors (Lipinski definition) is 1. The normalized spacial score (nSPS) is 21.5. The van der Waals surface area contributed by atoms with Crippen molar-refractivity contribution in [3.63, 3.8) is 0 Å². The van der Waals surface area contributed by atoms with Gasteiger partial charge >= 0.3 is 0 Å². The second-order valence-electron chi connectivity index (χ2n) is 7.31. The SMILES string of the molecule is CC(=O)N1CC(C)Cc2cc(C(=O)NCC(C)C3CC3)ccc21. The van der Waals surface area contributed by atoms with Crippen LogP contribution in [0.15, 0.2) is 18.2 Å². The number of amides is 2. The van der Waals surface area contributed by atoms with Gasteiger partial charge in [-0.15, -0.1) is 0 Å². The Labute approximate surface area is 138 Å². The van der Waals surface area contributed by atoms with Gasteiger partial charge < -0.3 is 10.2 Å². The molecule has 1 fully saturated rings. The topological polar surface area (TPSA) is 49.4 Å². The van der Waals surface area contributed by atoms with E-state index in [1.54, 1.807) is 6.92 Å². The minimum absolute atomic E-state index is 0.00657. The van der Waals surface area contributed by atoms with Crippen LogP contribution in [0.5, 0.6) is 0 Å². The molecule has 1 N–H and O–H groups in total. The first-order valence-corrected chi connectivity index (χ1v) is 8.65. The van der Waals surface area contributed by atoms with Crippen LogP contribution >= 0.6 is 0 Å². The van der Waals surface area contributed by atoms with Crippen molar-refractivity contribution in [1.82, 2.24) is 5.32 Å². The molecule has 0 radical (unpaired) electrons. The van der Waals surface area contributed by atoms with Gasteiger partial charge in [-0.05, 0) is 60.8 Å². The van der Waals surface area contributed by atoms with E-state index >= 15 is 0 Å². The second kappa shape index (κ2) is 6.34. The zero-order chi connectivity index (χ0) is 16.6. The zero-order valence-corrected chi connectivity index (χ0v) is 14.3. The van der Waals surface area contributed by atoms with Gasteiger partial charge in [0.15, 0.2) is 0 Å². The van der Waals surface area contributed by atoms with Gasteiger partial charge in [-0.1, -0.05) is 13.8 Å². The molecule has 0 aromatic heterocycles. The van der Waals surface area contributed by atoms with E-state index < -0.39 is 0 Å². The molecule has 1 aliphatic heterocycles. The standard InChI is InChI=1S/C19H26N2O2/c1-12-8-17-9-16(6-7-18(17)21(11-12)14(3)22)19(23)20-10-13(2)15-4-5-15/h6-7,9,12-13,15H,4-5,8,10-11H2,1-3H3,(H,20,23). The Bertz CT molecular complexity index is 622. The summed E-state index contributed by atoms with van der Waals surface area (Å²) in [6.07, 6.45) is 3.52. The molecule has 1 aliphatic carbocycles. The lowest BCUT2D eigenvalue weighted by atomic mass is 9.92. The molecule has 0 saturated heterocycles. The molecular formula is C19H26N2O2. The molecule has 124 valence electrons. The fraction of sp³-hybridized carbons (Fsp3) is 0.579. The van der Waals surface area contributed by atoms with Crippen LogP contribution in [0.3, 0.4) is 0 Å². The molecule has 1 aromatic rings. The summed E-state index contributed by atoms with van der Waals surface area (Å²) >= 11 is 0. The van der Waals surface area contributed by atoms with Gasteiger partial charge in [-0.2, -0.15) is 0 Å². The van der Waals surface area contributed by atoms with Crippen molar-refractivity contribution in [2.75, 3.05) is 18.0 Å². The van der Waals surface area contributed by atoms with Gasteiger partial charge in [0.25, 0.3) is 5.91 Å². The van der Waals surface area contributed by atoms with Gasteiger partial charge in [0.05, 0.1) is 0 Å². The highest BCUT2D eigenvalue weighted by molar-refractivity contribution is 5.97. The number of carbonyl (C=O) groups excluding carboxylic acids is 2. The van der Waals surface area contributed by atoms with Crippen LogP contribution in [0.4, 0.5) is 5.69 Å². The largest absolute Gasteiger partial charge is 0.352 e. The Morgan fingerprint density at radius 1 is 1.35 bits per heavy atom. The van der Waals surface area contributed by atoms with Gasteiger partial charge in [-0.3, -0.25) is 9.59 Å². The molecular weight excluding hydrogens is 288 g/mol. The minimum Gasteiger partial charge on any atom is -0.352 e. The molecule has 23 heavy (non-hydrogen) atoms. The maximum Gasteiger partial charge on any atom is 0.251 e. The molecule has 0 bridgehead atoms. The minimum atomic E-state index is -0.00657. The average molecular weight is 314 g/mol. The number of fused-ring (bicyclic) bond motifs is 1. The van der Waals surface area contributed by atoms with E-state index in [-0.39, 0.29) is 11.8 Å². The van der Waals surface area contributed by atoms with Gasteiger partial charge in [-0.25, -0.2) is 0 Å². The van der Waals surface area contributed by atoms with Crippen molar-refractivity contribution in [1.29, 1.82) is 0 Å². The van der Waals surface area contributed by atoms with Crippen molar-refractivity contribution in [2.24, 2.45) is 17.8 Å². The first-order valence-electron chi connectivity index (χ1n) is 8.65. The Balaban J connectivity index is 1.73. The maximum absolute atomic E-state index is 12.4. The second-order valence-corrected chi connectivity index (χ2v) is 7.31. The van der Waals surface area contributed by atoms with Crippen molar-refractivity contribution < 1.29 is 9.59 Å². The Morgan fingerprint density at radius 2 is 2.09 bits per heavy atom. The van der Waals surface area contributed by atoms with Crippen LogP contribution in [0.25, 0.3) is 0 Å². The predicted octanol–water partition coefficient (Wildman–Crippen LogP) is 3.01. The van der Waals surface area contributed by atoms with Crippen LogP contribution in [0, 0.1) is 17.8 Å². The van der Waals surface area contributed by atoms with Crippen LogP contribution in [0.2, 0.25) is 0 Å². The molecule has 2 aliphatic rings. The molecule has 4 heteroatoms. The Morgan fingerprint density at radius 3 is 2.74 bits per heavy atom. The lowest BCUT2D eigenvalue weighted by Gasteiger charge is -2.32. The molecule has 3 rings (SSSR count). The summed E-state index contributed by atoms with van der Waals surface area (Å²) in [6, 6.07) is 5.71. The highest BCUT2D eigenvalue weighted by Crippen LogP contribution is 2.36. The van der Waals surface area contributed by atoms with E-state index in [0.29, 0.717) is 17.4 Å². The monoisotopic (exact) mass is 314 g/mol. The third-order valence-corrected chi connectivity index (χ3v) is 5.09. The van der Waals surface area contributed by atoms with Crippen LogP contribution in [-0.2, 0) is 11.2 Å². The number of carbonyl (C=O) groups is 2. The number of nitrogens with zero attached hydrogens (tertiary/aromatic N) is 1. The summed E-state index contributed by atoms with van der Waals surface area (Å²) in [7, 11) is 0. The molecule has 2 atom stereocenters. The van der Waals surface area contributed by atoms with Crippen LogP contribution < -0.4 is 10.2 Å². The number of rotatable bonds is 4. The van der Waals surface area contributed by atoms with E-state index in [0.717, 1.165) is 36.7 Å². The zero-order valence-electron chi connectivity index (χ0n) is 14.3. The number of anilines is 1. The van der Waals surface area contributed by atoms with Crippen LogP contribution in [-0.4, -0.2) is 24.9 Å². The van der Waals surface area contributed by atoms with Gasteiger partial charge in [0.1, 0.15) is 0 Å². The Hall–Kier alpha value is -1.84. The summed E-state index contributed by atoms with van der Waals surface area (Å²) in [4.78, 5) is 26.0. The van der Waals surface area contributed by atoms with E-state index in [4.69, 9.17) is 0 Å². The molecule has 1 saturated carbocycles. The highest BCUT2D eigenvalue weighted by atomic mass is 16.2. The summed E-state index contributed by atoms with van der Waals surface area (Å²) in [6.45, 7) is 7.45. The van der Waals surface area contributed by atoms with E-state index in [2.05, 4.69) is 19.2 Å². The third-order valence-electron chi connectivity index (χ3n) is 5.09. The average Bonchev–Trinajstić information content (AvgIpc) is 3.35. The van der Waals surface area contributed by atoms with Crippen molar-refractivity contribution >= 4 is 17.5 Å². The van der Waals surface area contributed by atoms with E-state index in [1.807, 2.05) is 23.1 Å². The highest BCUT2D eigenvalue weighted by Gasteiger charge is 2.28. The Kier molecular flexibility index (Phi) is 4.42. The van der Waals surface area contributed by atoms with Crippen molar-refractivity contribution in [3.8, 4) is 0 Å². The van der Waals surface area contributed by atoms with Crippen molar-refractivity contribution in [2.45, 2.75) is 40.0 Å². The first-order chi connectivity index (χ1) is 11.0. The molecule has 2 unspecified atom stereocenters. The maximum atomic E-state index is 12.4. The molecule has 2 amide bonds. The molecule has 0 spiro atoms. The van der Waals surface area contributed by atoms with E-state index in [9.17, 15) is 9.59 Å². The molecule has 1 heterocycles. The third kappa shape index (κ3) is 3.57. The lowest BCUT2D eigenvalue weighted by molar-refractivity contribution is -0.116. The fourth-order valence-electron chi connectivity index (χ4n) is 3.49. The first kappa shape index (κ1) is 16.0. The van der Waals surface area contributed by atoms with Crippen LogP contribution in [0.1, 0.15) is 49.5 Å². The number of hydrogen-bond acceptors (Lipinski definition) is 2. The van der Waals surface area contributed by atoms with E-state index in [1.165, 1.54) is 12.8 Å². The quantitative estimate of drug-likeness (QED) is 0.929. The summed E-state index contributed by atoms with van der Waals surface area (Å²) in [5.41, 5.74) is 2.75. The summed E-state index contributed by atoms with van der Waals surface area (Å²) < 4.78 is 0. The summed E-state index contributed by atoms with van der Waals surface area (Å²) in [5.74, 6) is 1.83. The predicted molar refractivity (Wildman–Crippen MR) is 91.6 cm³/mol. The van der Waals surface area contributed by atoms with Gasteiger partial charge in [0.2, 0.25) is 5.91 Å². The smallest absolute Gasteiger partial charge is 0.251 e. The molecule has 4 nitrogen and oxygen atoms in total. The summed E-state index contributed by atoms with van der Waals surface area (Å²) in [5, 5.41) is 3.05. The van der Waals surface area contributed by atoms with Crippen molar-refractivity contribution in [3.05, 3.63) is 29.3 Å². The lowest BCUT2D eigenvalue weighted by Crippen LogP contribution is -2.38.